The minimum absolute atomic E-state index is 0.0712. The lowest BCUT2D eigenvalue weighted by Gasteiger charge is -2.18. The molecule has 0 saturated heterocycles. The number of fused-ring (bicyclic) bond motifs is 2. The molecule has 4 rings (SSSR count). The van der Waals surface area contributed by atoms with E-state index < -0.39 is 0 Å². The summed E-state index contributed by atoms with van der Waals surface area (Å²) in [5.41, 5.74) is 4.96. The molecule has 0 atom stereocenters. The largest absolute Gasteiger partial charge is 0.351 e. The first-order valence-corrected chi connectivity index (χ1v) is 9.75. The van der Waals surface area contributed by atoms with E-state index in [0.717, 1.165) is 40.6 Å². The third-order valence-electron chi connectivity index (χ3n) is 5.05. The van der Waals surface area contributed by atoms with E-state index >= 15 is 0 Å². The van der Waals surface area contributed by atoms with Gasteiger partial charge in [0.15, 0.2) is 0 Å². The third-order valence-corrected chi connectivity index (χ3v) is 5.05. The van der Waals surface area contributed by atoms with Gasteiger partial charge in [0, 0.05) is 23.9 Å². The average molecular weight is 374 g/mol. The van der Waals surface area contributed by atoms with Gasteiger partial charge >= 0.3 is 0 Å². The number of H-pyrrole nitrogens is 2. The number of nitrogens with one attached hydrogen (secondary N) is 3. The van der Waals surface area contributed by atoms with Crippen LogP contribution in [0.4, 0.5) is 0 Å². The van der Waals surface area contributed by atoms with Crippen LogP contribution in [0.25, 0.3) is 21.9 Å². The zero-order valence-electron chi connectivity index (χ0n) is 16.6. The van der Waals surface area contributed by atoms with Crippen molar-refractivity contribution in [3.63, 3.8) is 0 Å². The van der Waals surface area contributed by atoms with E-state index in [4.69, 9.17) is 0 Å². The fourth-order valence-corrected chi connectivity index (χ4v) is 3.39. The minimum atomic E-state index is -0.0712. The maximum atomic E-state index is 12.5. The monoisotopic (exact) mass is 374 g/mol. The zero-order chi connectivity index (χ0) is 19.7. The number of imidazole rings is 1. The van der Waals surface area contributed by atoms with Crippen molar-refractivity contribution >= 4 is 27.8 Å². The lowest BCUT2D eigenvalue weighted by atomic mass is 9.87. The summed E-state index contributed by atoms with van der Waals surface area (Å²) in [7, 11) is 0. The fourth-order valence-electron chi connectivity index (χ4n) is 3.39. The summed E-state index contributed by atoms with van der Waals surface area (Å²) in [4.78, 5) is 23.6. The van der Waals surface area contributed by atoms with Gasteiger partial charge < -0.3 is 15.3 Å². The molecule has 0 unspecified atom stereocenters. The summed E-state index contributed by atoms with van der Waals surface area (Å²) in [5.74, 6) is 0.883. The molecule has 0 saturated carbocycles. The lowest BCUT2D eigenvalue weighted by Crippen LogP contribution is -2.25. The van der Waals surface area contributed by atoms with E-state index in [9.17, 15) is 4.79 Å². The molecule has 0 radical (unpaired) electrons. The molecule has 5 nitrogen and oxygen atoms in total. The number of hydrogen-bond donors (Lipinski definition) is 3. The number of nitrogens with zero attached hydrogens (tertiary/aromatic N) is 1. The highest BCUT2D eigenvalue weighted by Gasteiger charge is 2.15. The number of aryl methyl sites for hydroxylation is 1. The molecule has 4 aromatic rings. The molecule has 0 fully saturated rings. The molecule has 2 aromatic heterocycles. The van der Waals surface area contributed by atoms with Gasteiger partial charge in [-0.05, 0) is 41.7 Å². The van der Waals surface area contributed by atoms with Crippen molar-refractivity contribution in [2.24, 2.45) is 0 Å². The van der Waals surface area contributed by atoms with Crippen LogP contribution >= 0.6 is 0 Å². The van der Waals surface area contributed by atoms with Crippen molar-refractivity contribution in [2.45, 2.75) is 39.0 Å². The molecule has 0 bridgehead atoms. The van der Waals surface area contributed by atoms with Gasteiger partial charge in [0.05, 0.1) is 11.0 Å². The molecule has 3 N–H and O–H groups in total. The highest BCUT2D eigenvalue weighted by atomic mass is 16.1. The first-order chi connectivity index (χ1) is 13.4. The van der Waals surface area contributed by atoms with E-state index in [1.807, 2.05) is 30.3 Å². The molecule has 0 spiro atoms. The summed E-state index contributed by atoms with van der Waals surface area (Å²) in [6.07, 6.45) is 1.64. The summed E-state index contributed by atoms with van der Waals surface area (Å²) in [6, 6.07) is 16.2. The van der Waals surface area contributed by atoms with E-state index in [1.54, 1.807) is 0 Å². The van der Waals surface area contributed by atoms with Gasteiger partial charge in [0.25, 0.3) is 5.91 Å². The Hall–Kier alpha value is -3.08. The van der Waals surface area contributed by atoms with Gasteiger partial charge in [-0.15, -0.1) is 0 Å². The molecule has 0 aliphatic rings. The number of hydrogen-bond acceptors (Lipinski definition) is 2. The summed E-state index contributed by atoms with van der Waals surface area (Å²) >= 11 is 0. The number of benzene rings is 2. The molecule has 2 aromatic carbocycles. The number of amides is 1. The van der Waals surface area contributed by atoms with E-state index in [-0.39, 0.29) is 11.3 Å². The van der Waals surface area contributed by atoms with Gasteiger partial charge in [0.2, 0.25) is 0 Å². The fraction of sp³-hybridized carbons (Fsp3) is 0.304. The Labute approximate surface area is 164 Å². The Bertz CT molecular complexity index is 1100. The van der Waals surface area contributed by atoms with Gasteiger partial charge in [-0.1, -0.05) is 45.0 Å². The van der Waals surface area contributed by atoms with Crippen molar-refractivity contribution < 1.29 is 4.79 Å². The number of carbonyl (C=O) groups excluding carboxylic acids is 1. The maximum Gasteiger partial charge on any atom is 0.267 e. The summed E-state index contributed by atoms with van der Waals surface area (Å²) in [6.45, 7) is 7.17. The lowest BCUT2D eigenvalue weighted by molar-refractivity contribution is 0.0949. The molecular formula is C23H26N4O. The molecule has 144 valence electrons. The van der Waals surface area contributed by atoms with E-state index in [2.05, 4.69) is 59.2 Å². The van der Waals surface area contributed by atoms with Crippen LogP contribution in [0.3, 0.4) is 0 Å². The van der Waals surface area contributed by atoms with Gasteiger partial charge in [-0.3, -0.25) is 4.79 Å². The third kappa shape index (κ3) is 3.79. The molecule has 1 amide bonds. The van der Waals surface area contributed by atoms with Crippen LogP contribution in [0.15, 0.2) is 48.5 Å². The first-order valence-electron chi connectivity index (χ1n) is 9.75. The van der Waals surface area contributed by atoms with Crippen LogP contribution in [-0.4, -0.2) is 27.4 Å². The Balaban J connectivity index is 1.35. The summed E-state index contributed by atoms with van der Waals surface area (Å²) in [5, 5.41) is 4.05. The Morgan fingerprint density at radius 3 is 2.64 bits per heavy atom. The Kier molecular flexibility index (Phi) is 4.67. The number of aromatic nitrogens is 3. The first kappa shape index (κ1) is 18.3. The normalized spacial score (nSPS) is 12.0. The van der Waals surface area contributed by atoms with Crippen LogP contribution < -0.4 is 5.32 Å². The van der Waals surface area contributed by atoms with Gasteiger partial charge in [-0.25, -0.2) is 4.98 Å². The van der Waals surface area contributed by atoms with Crippen molar-refractivity contribution in [2.75, 3.05) is 6.54 Å². The minimum Gasteiger partial charge on any atom is -0.351 e. The second kappa shape index (κ2) is 7.15. The van der Waals surface area contributed by atoms with Crippen molar-refractivity contribution in [3.05, 3.63) is 65.6 Å². The van der Waals surface area contributed by atoms with Crippen LogP contribution in [0, 0.1) is 0 Å². The van der Waals surface area contributed by atoms with Crippen molar-refractivity contribution in [3.8, 4) is 0 Å². The van der Waals surface area contributed by atoms with Gasteiger partial charge in [0.1, 0.15) is 11.5 Å². The predicted octanol–water partition coefficient (Wildman–Crippen LogP) is 4.70. The maximum absolute atomic E-state index is 12.5. The topological polar surface area (TPSA) is 73.6 Å². The van der Waals surface area contributed by atoms with Gasteiger partial charge in [-0.2, -0.15) is 0 Å². The second-order valence-electron chi connectivity index (χ2n) is 8.30. The average Bonchev–Trinajstić information content (AvgIpc) is 3.27. The Morgan fingerprint density at radius 2 is 1.86 bits per heavy atom. The Morgan fingerprint density at radius 1 is 1.04 bits per heavy atom. The number of rotatable bonds is 5. The molecule has 0 aliphatic carbocycles. The SMILES string of the molecule is CC(C)(C)c1ccc2cc(C(=O)NCCCc3nc4ccccc4[nH]3)[nH]c2c1. The zero-order valence-corrected chi connectivity index (χ0v) is 16.6. The molecular weight excluding hydrogens is 348 g/mol. The van der Waals surface area contributed by atoms with E-state index in [0.29, 0.717) is 12.2 Å². The highest BCUT2D eigenvalue weighted by Crippen LogP contribution is 2.26. The molecule has 0 aliphatic heterocycles. The van der Waals surface area contributed by atoms with Crippen LogP contribution in [-0.2, 0) is 11.8 Å². The summed E-state index contributed by atoms with van der Waals surface area (Å²) < 4.78 is 0. The molecule has 5 heteroatoms. The van der Waals surface area contributed by atoms with Crippen molar-refractivity contribution in [1.82, 2.24) is 20.3 Å². The van der Waals surface area contributed by atoms with Crippen LogP contribution in [0.1, 0.15) is 49.1 Å². The van der Waals surface area contributed by atoms with Crippen LogP contribution in [0.5, 0.6) is 0 Å². The standard InChI is InChI=1S/C23H26N4O/c1-23(2,3)16-11-10-15-13-20(25-19(15)14-16)22(28)24-12-6-9-21-26-17-7-4-5-8-18(17)27-21/h4-5,7-8,10-11,13-14,25H,6,9,12H2,1-3H3,(H,24,28)(H,26,27). The quantitative estimate of drug-likeness (QED) is 0.443. The smallest absolute Gasteiger partial charge is 0.267 e. The number of para-hydroxylation sites is 2. The number of carbonyl (C=O) groups is 1. The number of aromatic amines is 2. The highest BCUT2D eigenvalue weighted by molar-refractivity contribution is 5.98. The van der Waals surface area contributed by atoms with Crippen molar-refractivity contribution in [1.29, 1.82) is 0 Å². The molecule has 28 heavy (non-hydrogen) atoms. The van der Waals surface area contributed by atoms with E-state index in [1.165, 1.54) is 5.56 Å². The molecule has 2 heterocycles. The van der Waals surface area contributed by atoms with Crippen LogP contribution in [0.2, 0.25) is 0 Å². The predicted molar refractivity (Wildman–Crippen MR) is 114 cm³/mol. The second-order valence-corrected chi connectivity index (χ2v) is 8.30.